The number of rotatable bonds is 10. The molecule has 0 aliphatic carbocycles. The fourth-order valence-electron chi connectivity index (χ4n) is 5.09. The van der Waals surface area contributed by atoms with Crippen molar-refractivity contribution in [3.63, 3.8) is 0 Å². The summed E-state index contributed by atoms with van der Waals surface area (Å²) in [5.41, 5.74) is 2.02. The van der Waals surface area contributed by atoms with E-state index in [2.05, 4.69) is 0 Å². The van der Waals surface area contributed by atoms with Crippen LogP contribution in [0.1, 0.15) is 43.9 Å². The topological polar surface area (TPSA) is 116 Å². The molecule has 216 valence electrons. The molecule has 4 aromatic rings. The van der Waals surface area contributed by atoms with Crippen LogP contribution < -0.4 is 24.4 Å². The number of benzene rings is 3. The molecule has 0 unspecified atom stereocenters. The van der Waals surface area contributed by atoms with Crippen molar-refractivity contribution < 1.29 is 28.9 Å². The molecule has 1 aliphatic heterocycles. The molecule has 2 heterocycles. The smallest absolute Gasteiger partial charge is 0.341 e. The van der Waals surface area contributed by atoms with Gasteiger partial charge in [-0.3, -0.25) is 9.36 Å². The highest BCUT2D eigenvalue weighted by atomic mass is 32.1. The second-order valence-electron chi connectivity index (χ2n) is 9.57. The van der Waals surface area contributed by atoms with Crippen molar-refractivity contribution in [1.29, 1.82) is 0 Å². The van der Waals surface area contributed by atoms with Gasteiger partial charge in [-0.05, 0) is 54.0 Å². The molecule has 3 aromatic carbocycles. The second kappa shape index (κ2) is 12.4. The third kappa shape index (κ3) is 5.58. The van der Waals surface area contributed by atoms with Crippen LogP contribution >= 0.6 is 11.3 Å². The van der Waals surface area contributed by atoms with E-state index in [1.165, 1.54) is 11.3 Å². The Hall–Kier alpha value is -4.70. The maximum atomic E-state index is 14.1. The zero-order valence-corrected chi connectivity index (χ0v) is 24.3. The van der Waals surface area contributed by atoms with Crippen LogP contribution in [-0.4, -0.2) is 41.9 Å². The van der Waals surface area contributed by atoms with E-state index in [0.717, 1.165) is 22.8 Å². The number of carboxylic acids is 1. The van der Waals surface area contributed by atoms with Crippen LogP contribution in [0.25, 0.3) is 16.8 Å². The maximum Gasteiger partial charge on any atom is 0.341 e. The number of hydrogen-bond donors (Lipinski definition) is 1. The first-order chi connectivity index (χ1) is 20.4. The van der Waals surface area contributed by atoms with Gasteiger partial charge in [-0.1, -0.05) is 67.1 Å². The minimum Gasteiger partial charge on any atom is -0.496 e. The Kier molecular flexibility index (Phi) is 8.53. The Labute approximate surface area is 245 Å². The van der Waals surface area contributed by atoms with Gasteiger partial charge in [0, 0.05) is 5.56 Å². The lowest BCUT2D eigenvalue weighted by atomic mass is 9.90. The van der Waals surface area contributed by atoms with Crippen LogP contribution in [0.2, 0.25) is 0 Å². The van der Waals surface area contributed by atoms with Gasteiger partial charge in [0.25, 0.3) is 5.56 Å². The van der Waals surface area contributed by atoms with Crippen molar-refractivity contribution in [3.05, 3.63) is 103 Å². The lowest BCUT2D eigenvalue weighted by molar-refractivity contribution is -0.140. The first-order valence-electron chi connectivity index (χ1n) is 13.6. The van der Waals surface area contributed by atoms with Crippen LogP contribution in [0.5, 0.6) is 11.5 Å². The predicted molar refractivity (Wildman–Crippen MR) is 160 cm³/mol. The zero-order chi connectivity index (χ0) is 29.8. The molecule has 1 N–H and O–H groups in total. The highest BCUT2D eigenvalue weighted by molar-refractivity contribution is 7.07. The number of carboxylic acid groups (broad SMARTS) is 1. The summed E-state index contributed by atoms with van der Waals surface area (Å²) in [6.07, 6.45) is 3.02. The number of carbonyl (C=O) groups excluding carboxylic acids is 1. The standard InChI is InChI=1S/C32H30N2O7S/c1-4-8-23-28(31(38)40-5-2)29(27-22-10-7-6-9-20(22)13-16-24(27)39-3)34-30(37)25(42-32(34)33-23)17-19-11-14-21(15-12-19)41-18-26(35)36/h6-7,9-17,29H,4-5,8,18H2,1-3H3,(H,35,36)/t29-/m0/s1. The largest absolute Gasteiger partial charge is 0.496 e. The number of fused-ring (bicyclic) bond motifs is 2. The van der Waals surface area contributed by atoms with Crippen molar-refractivity contribution in [3.8, 4) is 11.5 Å². The third-order valence-corrected chi connectivity index (χ3v) is 7.84. The molecule has 42 heavy (non-hydrogen) atoms. The molecule has 0 spiro atoms. The number of thiazole rings is 1. The highest BCUT2D eigenvalue weighted by Gasteiger charge is 2.37. The Morgan fingerprint density at radius 2 is 1.83 bits per heavy atom. The van der Waals surface area contributed by atoms with Gasteiger partial charge in [-0.2, -0.15) is 0 Å². The fourth-order valence-corrected chi connectivity index (χ4v) is 6.11. The summed E-state index contributed by atoms with van der Waals surface area (Å²) in [6.45, 7) is 3.49. The van der Waals surface area contributed by atoms with Gasteiger partial charge < -0.3 is 19.3 Å². The van der Waals surface area contributed by atoms with Crippen LogP contribution in [0.4, 0.5) is 0 Å². The van der Waals surface area contributed by atoms with Crippen LogP contribution in [-0.2, 0) is 14.3 Å². The van der Waals surface area contributed by atoms with Crippen LogP contribution in [0, 0.1) is 0 Å². The molecular weight excluding hydrogens is 556 g/mol. The van der Waals surface area contributed by atoms with Gasteiger partial charge >= 0.3 is 11.9 Å². The number of carbonyl (C=O) groups is 2. The third-order valence-electron chi connectivity index (χ3n) is 6.86. The molecule has 9 nitrogen and oxygen atoms in total. The van der Waals surface area contributed by atoms with E-state index in [-0.39, 0.29) is 12.2 Å². The Bertz CT molecular complexity index is 1870. The number of ether oxygens (including phenoxy) is 3. The van der Waals surface area contributed by atoms with E-state index in [9.17, 15) is 14.4 Å². The number of nitrogens with zero attached hydrogens (tertiary/aromatic N) is 2. The average molecular weight is 587 g/mol. The highest BCUT2D eigenvalue weighted by Crippen LogP contribution is 2.41. The normalized spacial score (nSPS) is 14.8. The second-order valence-corrected chi connectivity index (χ2v) is 10.6. The number of esters is 1. The Balaban J connectivity index is 1.75. The lowest BCUT2D eigenvalue weighted by Crippen LogP contribution is -2.40. The number of allylic oxidation sites excluding steroid dienone is 1. The van der Waals surface area contributed by atoms with Gasteiger partial charge in [-0.25, -0.2) is 14.6 Å². The van der Waals surface area contributed by atoms with Gasteiger partial charge in [0.15, 0.2) is 11.4 Å². The molecule has 1 aliphatic rings. The molecule has 0 bridgehead atoms. The molecule has 0 radical (unpaired) electrons. The molecule has 5 rings (SSSR count). The summed E-state index contributed by atoms with van der Waals surface area (Å²) in [6, 6.07) is 17.5. The molecular formula is C32H30N2O7S. The van der Waals surface area contributed by atoms with Crippen LogP contribution in [0.15, 0.2) is 81.7 Å². The van der Waals surface area contributed by atoms with E-state index < -0.39 is 24.6 Å². The van der Waals surface area contributed by atoms with E-state index in [0.29, 0.717) is 44.1 Å². The lowest BCUT2D eigenvalue weighted by Gasteiger charge is -2.28. The molecule has 1 aromatic heterocycles. The number of aliphatic carboxylic acids is 1. The summed E-state index contributed by atoms with van der Waals surface area (Å²) in [4.78, 5) is 43.9. The molecule has 0 saturated carbocycles. The molecule has 1 atom stereocenters. The van der Waals surface area contributed by atoms with Gasteiger partial charge in [0.1, 0.15) is 17.5 Å². The molecule has 0 fully saturated rings. The predicted octanol–water partition coefficient (Wildman–Crippen LogP) is 4.20. The monoisotopic (exact) mass is 586 g/mol. The maximum absolute atomic E-state index is 14.1. The first-order valence-corrected chi connectivity index (χ1v) is 14.4. The summed E-state index contributed by atoms with van der Waals surface area (Å²) in [5.74, 6) is -0.634. The van der Waals surface area contributed by atoms with E-state index in [1.54, 1.807) is 48.9 Å². The minimum atomic E-state index is -1.07. The SMILES string of the molecule is CCCC1=C(C(=O)OCC)[C@H](c2c(OC)ccc3ccccc23)n2c(sc(=Cc3ccc(OCC(=O)O)cc3)c2=O)=N1. The fraction of sp³-hybridized carbons (Fsp3) is 0.250. The quantitative estimate of drug-likeness (QED) is 0.277. The Morgan fingerprint density at radius 3 is 2.52 bits per heavy atom. The number of methoxy groups -OCH3 is 1. The van der Waals surface area contributed by atoms with Crippen LogP contribution in [0.3, 0.4) is 0 Å². The van der Waals surface area contributed by atoms with Gasteiger partial charge in [0.05, 0.1) is 29.5 Å². The summed E-state index contributed by atoms with van der Waals surface area (Å²) in [7, 11) is 1.57. The summed E-state index contributed by atoms with van der Waals surface area (Å²) >= 11 is 1.24. The Morgan fingerprint density at radius 1 is 1.07 bits per heavy atom. The molecule has 10 heteroatoms. The van der Waals surface area contributed by atoms with E-state index >= 15 is 0 Å². The van der Waals surface area contributed by atoms with Gasteiger partial charge in [-0.15, -0.1) is 0 Å². The molecule has 0 amide bonds. The number of aromatic nitrogens is 1. The van der Waals surface area contributed by atoms with E-state index in [4.69, 9.17) is 24.3 Å². The summed E-state index contributed by atoms with van der Waals surface area (Å²) < 4.78 is 18.6. The zero-order valence-electron chi connectivity index (χ0n) is 23.5. The first kappa shape index (κ1) is 28.8. The van der Waals surface area contributed by atoms with Crippen molar-refractivity contribution in [1.82, 2.24) is 4.57 Å². The van der Waals surface area contributed by atoms with Crippen molar-refractivity contribution in [2.75, 3.05) is 20.3 Å². The van der Waals surface area contributed by atoms with E-state index in [1.807, 2.05) is 43.3 Å². The number of hydrogen-bond acceptors (Lipinski definition) is 8. The average Bonchev–Trinajstić information content (AvgIpc) is 3.29. The van der Waals surface area contributed by atoms with Gasteiger partial charge in [0.2, 0.25) is 0 Å². The van der Waals surface area contributed by atoms with Crippen molar-refractivity contribution in [2.45, 2.75) is 32.7 Å². The molecule has 0 saturated heterocycles. The van der Waals surface area contributed by atoms with Crippen molar-refractivity contribution >= 4 is 40.1 Å². The minimum absolute atomic E-state index is 0.178. The van der Waals surface area contributed by atoms with Crippen molar-refractivity contribution in [2.24, 2.45) is 4.99 Å². The summed E-state index contributed by atoms with van der Waals surface area (Å²) in [5, 5.41) is 10.6.